The molecule has 0 spiro atoms. The third kappa shape index (κ3) is 3.01. The molecule has 0 aromatic carbocycles. The van der Waals surface area contributed by atoms with E-state index in [4.69, 9.17) is 11.6 Å². The maximum Gasteiger partial charge on any atom is 0.309 e. The Morgan fingerprint density at radius 3 is 2.60 bits per heavy atom. The quantitative estimate of drug-likeness (QED) is 0.736. The molecular weight excluding hydrogens is 402 g/mol. The lowest BCUT2D eigenvalue weighted by Gasteiger charge is -2.59. The summed E-state index contributed by atoms with van der Waals surface area (Å²) in [5.74, 6) is 0.911. The molecule has 5 aliphatic rings. The van der Waals surface area contributed by atoms with Crippen LogP contribution in [0.25, 0.3) is 0 Å². The summed E-state index contributed by atoms with van der Waals surface area (Å²) in [6, 6.07) is 0.273. The lowest BCUT2D eigenvalue weighted by molar-refractivity contribution is -0.168. The van der Waals surface area contributed by atoms with Crippen molar-refractivity contribution in [1.82, 2.24) is 9.78 Å². The molecule has 1 aromatic heterocycles. The predicted octanol–water partition coefficient (Wildman–Crippen LogP) is 4.37. The van der Waals surface area contributed by atoms with Gasteiger partial charge in [0, 0.05) is 6.04 Å². The van der Waals surface area contributed by atoms with E-state index in [9.17, 15) is 14.7 Å². The van der Waals surface area contributed by atoms with Gasteiger partial charge >= 0.3 is 5.97 Å². The predicted molar refractivity (Wildman–Crippen MR) is 116 cm³/mol. The number of carboxylic acids is 1. The van der Waals surface area contributed by atoms with Gasteiger partial charge in [-0.25, -0.2) is 4.68 Å². The highest BCUT2D eigenvalue weighted by atomic mass is 35.5. The standard InChI is InChI=1S/C23H32ClN3O3/c1-12-4-3-5-17(13(12)2)26-18-11-25-27(21(28)20(18)24)23-9-14-6-15(10-23)8-16(7-14)19(23)22(29)30/h11-17,19,26H,3-10H2,1-2H3,(H,29,30)/t12-,13+,14+,15+,16?,17+,19+,23?/m1/s1. The number of aromatic nitrogens is 2. The average molecular weight is 434 g/mol. The van der Waals surface area contributed by atoms with Crippen molar-refractivity contribution >= 4 is 23.3 Å². The second kappa shape index (κ2) is 7.25. The summed E-state index contributed by atoms with van der Waals surface area (Å²) >= 11 is 6.59. The number of hydrogen-bond acceptors (Lipinski definition) is 4. The SMILES string of the molecule is C[C@H]1[C@H](C)CCC[C@@H]1Nc1cnn(C23C[C@@H]4CC(C[C@H](C4)C2)[C@H]3C(=O)O)c(=O)c1Cl. The van der Waals surface area contributed by atoms with E-state index in [0.29, 0.717) is 29.4 Å². The molecule has 0 aliphatic heterocycles. The molecule has 6 rings (SSSR count). The zero-order chi connectivity index (χ0) is 21.2. The maximum atomic E-state index is 13.4. The summed E-state index contributed by atoms with van der Waals surface area (Å²) in [6.07, 6.45) is 9.66. The van der Waals surface area contributed by atoms with Crippen LogP contribution in [-0.4, -0.2) is 26.9 Å². The van der Waals surface area contributed by atoms with Crippen molar-refractivity contribution < 1.29 is 9.90 Å². The number of anilines is 1. The molecule has 5 aliphatic carbocycles. The lowest BCUT2D eigenvalue weighted by Crippen LogP contribution is -2.63. The van der Waals surface area contributed by atoms with Gasteiger partial charge in [-0.15, -0.1) is 0 Å². The largest absolute Gasteiger partial charge is 0.481 e. The Morgan fingerprint density at radius 2 is 1.93 bits per heavy atom. The van der Waals surface area contributed by atoms with Gasteiger partial charge in [-0.2, -0.15) is 5.10 Å². The molecule has 5 saturated carbocycles. The topological polar surface area (TPSA) is 84.2 Å². The minimum Gasteiger partial charge on any atom is -0.481 e. The van der Waals surface area contributed by atoms with Crippen molar-refractivity contribution in [3.05, 3.63) is 21.6 Å². The number of nitrogens with zero attached hydrogens (tertiary/aromatic N) is 2. The molecule has 4 bridgehead atoms. The Bertz CT molecular complexity index is 901. The van der Waals surface area contributed by atoms with E-state index in [0.717, 1.165) is 38.5 Å². The molecule has 0 unspecified atom stereocenters. The van der Waals surface area contributed by atoms with E-state index in [2.05, 4.69) is 24.3 Å². The summed E-state index contributed by atoms with van der Waals surface area (Å²) in [5.41, 5.74) is -0.487. The molecular formula is C23H32ClN3O3. The molecule has 0 amide bonds. The average Bonchev–Trinajstić information content (AvgIpc) is 2.67. The van der Waals surface area contributed by atoms with Crippen LogP contribution in [0.15, 0.2) is 11.0 Å². The van der Waals surface area contributed by atoms with Crippen molar-refractivity contribution in [2.75, 3.05) is 5.32 Å². The van der Waals surface area contributed by atoms with Gasteiger partial charge in [0.1, 0.15) is 5.02 Å². The van der Waals surface area contributed by atoms with Crippen molar-refractivity contribution in [2.45, 2.75) is 76.8 Å². The summed E-state index contributed by atoms with van der Waals surface area (Å²) in [5, 5.41) is 18.3. The van der Waals surface area contributed by atoms with E-state index in [-0.39, 0.29) is 22.5 Å². The Morgan fingerprint density at radius 1 is 1.23 bits per heavy atom. The number of nitrogens with one attached hydrogen (secondary N) is 1. The molecule has 164 valence electrons. The first-order chi connectivity index (χ1) is 14.3. The maximum absolute atomic E-state index is 13.4. The van der Waals surface area contributed by atoms with Crippen molar-refractivity contribution in [3.63, 3.8) is 0 Å². The minimum atomic E-state index is -0.796. The van der Waals surface area contributed by atoms with E-state index in [1.165, 1.54) is 17.5 Å². The van der Waals surface area contributed by atoms with E-state index in [1.54, 1.807) is 6.20 Å². The molecule has 2 N–H and O–H groups in total. The monoisotopic (exact) mass is 433 g/mol. The molecule has 7 heteroatoms. The first kappa shape index (κ1) is 20.3. The van der Waals surface area contributed by atoms with Gasteiger partial charge in [-0.05, 0) is 68.1 Å². The Labute approximate surface area is 182 Å². The zero-order valence-corrected chi connectivity index (χ0v) is 18.6. The molecule has 1 aromatic rings. The summed E-state index contributed by atoms with van der Waals surface area (Å²) in [4.78, 5) is 25.7. The second-order valence-corrected chi connectivity index (χ2v) is 11.0. The number of hydrogen-bond donors (Lipinski definition) is 2. The third-order valence-electron chi connectivity index (χ3n) is 8.93. The summed E-state index contributed by atoms with van der Waals surface area (Å²) in [7, 11) is 0. The fraction of sp³-hybridized carbons (Fsp3) is 0.783. The van der Waals surface area contributed by atoms with Gasteiger partial charge in [0.25, 0.3) is 5.56 Å². The molecule has 1 heterocycles. The minimum absolute atomic E-state index is 0.142. The van der Waals surface area contributed by atoms with Crippen LogP contribution >= 0.6 is 11.6 Å². The summed E-state index contributed by atoms with van der Waals surface area (Å²) in [6.45, 7) is 4.52. The Hall–Kier alpha value is -1.56. The van der Waals surface area contributed by atoms with Crippen molar-refractivity contribution in [1.29, 1.82) is 0 Å². The van der Waals surface area contributed by atoms with Gasteiger partial charge in [0.15, 0.2) is 0 Å². The highest BCUT2D eigenvalue weighted by molar-refractivity contribution is 6.32. The number of halogens is 1. The van der Waals surface area contributed by atoms with E-state index in [1.807, 2.05) is 0 Å². The van der Waals surface area contributed by atoms with Crippen LogP contribution in [0.4, 0.5) is 5.69 Å². The molecule has 0 saturated heterocycles. The van der Waals surface area contributed by atoms with Crippen LogP contribution in [-0.2, 0) is 10.3 Å². The fourth-order valence-corrected chi connectivity index (χ4v) is 7.75. The first-order valence-electron chi connectivity index (χ1n) is 11.6. The van der Waals surface area contributed by atoms with E-state index < -0.39 is 17.4 Å². The molecule has 6 nitrogen and oxygen atoms in total. The number of carboxylic acid groups (broad SMARTS) is 1. The van der Waals surface area contributed by atoms with Crippen LogP contribution in [0.3, 0.4) is 0 Å². The molecule has 6 atom stereocenters. The lowest BCUT2D eigenvalue weighted by atomic mass is 9.48. The van der Waals surface area contributed by atoms with Crippen molar-refractivity contribution in [2.24, 2.45) is 35.5 Å². The van der Waals surface area contributed by atoms with Gasteiger partial charge < -0.3 is 10.4 Å². The van der Waals surface area contributed by atoms with Crippen LogP contribution in [0.2, 0.25) is 5.02 Å². The van der Waals surface area contributed by atoms with Gasteiger partial charge in [0.05, 0.1) is 23.3 Å². The highest BCUT2D eigenvalue weighted by Gasteiger charge is 2.61. The van der Waals surface area contributed by atoms with Gasteiger partial charge in [0.2, 0.25) is 0 Å². The number of carbonyl (C=O) groups is 1. The Kier molecular flexibility index (Phi) is 4.92. The van der Waals surface area contributed by atoms with Gasteiger partial charge in [-0.1, -0.05) is 38.3 Å². The third-order valence-corrected chi connectivity index (χ3v) is 9.29. The number of aliphatic carboxylic acids is 1. The van der Waals surface area contributed by atoms with Gasteiger partial charge in [-0.3, -0.25) is 9.59 Å². The smallest absolute Gasteiger partial charge is 0.309 e. The summed E-state index contributed by atoms with van der Waals surface area (Å²) < 4.78 is 1.47. The second-order valence-electron chi connectivity index (χ2n) is 10.6. The zero-order valence-electron chi connectivity index (χ0n) is 17.8. The van der Waals surface area contributed by atoms with Crippen LogP contribution in [0.5, 0.6) is 0 Å². The van der Waals surface area contributed by atoms with Crippen LogP contribution < -0.4 is 10.9 Å². The fourth-order valence-electron chi connectivity index (χ4n) is 7.57. The first-order valence-corrected chi connectivity index (χ1v) is 12.0. The Balaban J connectivity index is 1.50. The van der Waals surface area contributed by atoms with Crippen LogP contribution in [0, 0.1) is 35.5 Å². The molecule has 30 heavy (non-hydrogen) atoms. The van der Waals surface area contributed by atoms with E-state index >= 15 is 0 Å². The highest BCUT2D eigenvalue weighted by Crippen LogP contribution is 2.61. The number of rotatable bonds is 4. The normalized spacial score (nSPS) is 42.3. The van der Waals surface area contributed by atoms with Crippen LogP contribution in [0.1, 0.15) is 65.2 Å². The molecule has 5 fully saturated rings. The van der Waals surface area contributed by atoms with Crippen molar-refractivity contribution in [3.8, 4) is 0 Å². The molecule has 0 radical (unpaired) electrons.